The normalized spacial score (nSPS) is 12.9. The van der Waals surface area contributed by atoms with Gasteiger partial charge in [-0.15, -0.1) is 11.3 Å². The molecule has 3 nitrogen and oxygen atoms in total. The molecule has 2 rings (SSSR count). The van der Waals surface area contributed by atoms with E-state index < -0.39 is 0 Å². The monoisotopic (exact) mass is 249 g/mol. The molecule has 0 bridgehead atoms. The lowest BCUT2D eigenvalue weighted by molar-refractivity contribution is 0.578. The number of rotatable bonds is 5. The minimum Gasteiger partial charge on any atom is -0.309 e. The number of aryl methyl sites for hydroxylation is 2. The minimum absolute atomic E-state index is 0.428. The molecule has 1 N–H and O–H groups in total. The number of nitrogens with zero attached hydrogens (tertiary/aromatic N) is 2. The Kier molecular flexibility index (Phi) is 3.97. The van der Waals surface area contributed by atoms with E-state index >= 15 is 0 Å². The summed E-state index contributed by atoms with van der Waals surface area (Å²) >= 11 is 1.86. The van der Waals surface area contributed by atoms with E-state index in [2.05, 4.69) is 42.5 Å². The molecule has 2 aromatic heterocycles. The molecule has 17 heavy (non-hydrogen) atoms. The molecule has 0 aromatic carbocycles. The van der Waals surface area contributed by atoms with Crippen molar-refractivity contribution >= 4 is 11.3 Å². The minimum atomic E-state index is 0.428. The smallest absolute Gasteiger partial charge is 0.0637 e. The van der Waals surface area contributed by atoms with Crippen LogP contribution in [0.5, 0.6) is 0 Å². The molecule has 0 aliphatic carbocycles. The first-order chi connectivity index (χ1) is 8.15. The molecule has 1 unspecified atom stereocenters. The Hall–Kier alpha value is -1.13. The summed E-state index contributed by atoms with van der Waals surface area (Å²) in [7, 11) is 1.95. The van der Waals surface area contributed by atoms with Crippen LogP contribution in [0.15, 0.2) is 24.4 Å². The van der Waals surface area contributed by atoms with Crippen LogP contribution in [-0.4, -0.2) is 16.3 Å². The summed E-state index contributed by atoms with van der Waals surface area (Å²) in [5.74, 6) is 0. The molecular weight excluding hydrogens is 230 g/mol. The van der Waals surface area contributed by atoms with Gasteiger partial charge in [0, 0.05) is 42.0 Å². The average molecular weight is 249 g/mol. The van der Waals surface area contributed by atoms with Crippen molar-refractivity contribution in [3.8, 4) is 0 Å². The highest BCUT2D eigenvalue weighted by molar-refractivity contribution is 7.12. The molecule has 1 atom stereocenters. The Morgan fingerprint density at radius 3 is 2.82 bits per heavy atom. The summed E-state index contributed by atoms with van der Waals surface area (Å²) in [4.78, 5) is 2.78. The molecule has 0 fully saturated rings. The van der Waals surface area contributed by atoms with Crippen molar-refractivity contribution in [2.45, 2.75) is 26.3 Å². The van der Waals surface area contributed by atoms with Gasteiger partial charge < -0.3 is 5.32 Å². The first-order valence-electron chi connectivity index (χ1n) is 5.93. The van der Waals surface area contributed by atoms with Crippen LogP contribution < -0.4 is 5.32 Å². The zero-order valence-electron chi connectivity index (χ0n) is 10.6. The summed E-state index contributed by atoms with van der Waals surface area (Å²) < 4.78 is 1.85. The van der Waals surface area contributed by atoms with Gasteiger partial charge in [-0.1, -0.05) is 0 Å². The number of aromatic nitrogens is 2. The molecule has 2 aromatic rings. The fourth-order valence-corrected chi connectivity index (χ4v) is 2.70. The Balaban J connectivity index is 1.78. The first kappa shape index (κ1) is 12.3. The van der Waals surface area contributed by atoms with Crippen LogP contribution in [0, 0.1) is 6.92 Å². The van der Waals surface area contributed by atoms with Crippen LogP contribution in [0.1, 0.15) is 28.4 Å². The van der Waals surface area contributed by atoms with Gasteiger partial charge in [0.15, 0.2) is 0 Å². The second-order valence-corrected chi connectivity index (χ2v) is 5.67. The van der Waals surface area contributed by atoms with Crippen molar-refractivity contribution < 1.29 is 0 Å². The quantitative estimate of drug-likeness (QED) is 0.883. The van der Waals surface area contributed by atoms with Crippen LogP contribution in [-0.2, 0) is 13.5 Å². The van der Waals surface area contributed by atoms with Gasteiger partial charge in [0.05, 0.1) is 5.69 Å². The third-order valence-electron chi connectivity index (χ3n) is 2.79. The Morgan fingerprint density at radius 1 is 1.41 bits per heavy atom. The molecule has 2 heterocycles. The van der Waals surface area contributed by atoms with Crippen LogP contribution in [0.4, 0.5) is 0 Å². The molecule has 0 radical (unpaired) electrons. The zero-order valence-corrected chi connectivity index (χ0v) is 11.4. The summed E-state index contributed by atoms with van der Waals surface area (Å²) in [5, 5.41) is 7.89. The summed E-state index contributed by atoms with van der Waals surface area (Å²) in [6.07, 6.45) is 2.97. The Bertz CT molecular complexity index is 472. The number of nitrogens with one attached hydrogen (secondary N) is 1. The molecule has 0 amide bonds. The van der Waals surface area contributed by atoms with E-state index in [1.54, 1.807) is 0 Å². The van der Waals surface area contributed by atoms with Crippen LogP contribution >= 0.6 is 11.3 Å². The second kappa shape index (κ2) is 5.47. The van der Waals surface area contributed by atoms with Crippen LogP contribution in [0.2, 0.25) is 0 Å². The molecular formula is C13H19N3S. The van der Waals surface area contributed by atoms with Crippen molar-refractivity contribution in [2.24, 2.45) is 7.05 Å². The SMILES string of the molecule is Cc1ccc(C(C)NCCc2ccn(C)n2)s1. The Morgan fingerprint density at radius 2 is 2.24 bits per heavy atom. The zero-order chi connectivity index (χ0) is 12.3. The van der Waals surface area contributed by atoms with E-state index in [0.717, 1.165) is 18.7 Å². The van der Waals surface area contributed by atoms with E-state index in [1.165, 1.54) is 9.75 Å². The Labute approximate surface area is 106 Å². The molecule has 0 saturated heterocycles. The third-order valence-corrected chi connectivity index (χ3v) is 3.97. The van der Waals surface area contributed by atoms with Gasteiger partial charge >= 0.3 is 0 Å². The molecule has 0 aliphatic rings. The van der Waals surface area contributed by atoms with Gasteiger partial charge in [0.1, 0.15) is 0 Å². The van der Waals surface area contributed by atoms with E-state index in [1.807, 2.05) is 29.3 Å². The molecule has 0 aliphatic heterocycles. The standard InChI is InChI=1S/C13H19N3S/c1-10-4-5-13(17-10)11(2)14-8-6-12-7-9-16(3)15-12/h4-5,7,9,11,14H,6,8H2,1-3H3. The summed E-state index contributed by atoms with van der Waals surface area (Å²) in [6.45, 7) is 5.33. The maximum atomic E-state index is 4.36. The van der Waals surface area contributed by atoms with Crippen molar-refractivity contribution in [2.75, 3.05) is 6.54 Å². The van der Waals surface area contributed by atoms with Gasteiger partial charge in [-0.05, 0) is 32.0 Å². The van der Waals surface area contributed by atoms with E-state index in [9.17, 15) is 0 Å². The number of hydrogen-bond acceptors (Lipinski definition) is 3. The molecule has 0 spiro atoms. The van der Waals surface area contributed by atoms with Gasteiger partial charge in [-0.25, -0.2) is 0 Å². The predicted octanol–water partition coefficient (Wildman–Crippen LogP) is 2.68. The van der Waals surface area contributed by atoms with Crippen molar-refractivity contribution in [3.05, 3.63) is 39.8 Å². The highest BCUT2D eigenvalue weighted by atomic mass is 32.1. The largest absolute Gasteiger partial charge is 0.309 e. The first-order valence-corrected chi connectivity index (χ1v) is 6.75. The van der Waals surface area contributed by atoms with Gasteiger partial charge in [-0.3, -0.25) is 4.68 Å². The van der Waals surface area contributed by atoms with E-state index in [-0.39, 0.29) is 0 Å². The third kappa shape index (κ3) is 3.41. The molecule has 0 saturated carbocycles. The van der Waals surface area contributed by atoms with Crippen molar-refractivity contribution in [1.82, 2.24) is 15.1 Å². The summed E-state index contributed by atoms with van der Waals surface area (Å²) in [5.41, 5.74) is 1.15. The van der Waals surface area contributed by atoms with Crippen molar-refractivity contribution in [3.63, 3.8) is 0 Å². The lowest BCUT2D eigenvalue weighted by Gasteiger charge is -2.11. The second-order valence-electron chi connectivity index (χ2n) is 4.35. The number of thiophene rings is 1. The fraction of sp³-hybridized carbons (Fsp3) is 0.462. The highest BCUT2D eigenvalue weighted by Crippen LogP contribution is 2.21. The molecule has 92 valence electrons. The van der Waals surface area contributed by atoms with Crippen LogP contribution in [0.25, 0.3) is 0 Å². The molecule has 4 heteroatoms. The summed E-state index contributed by atoms with van der Waals surface area (Å²) in [6, 6.07) is 6.88. The van der Waals surface area contributed by atoms with Gasteiger partial charge in [0.2, 0.25) is 0 Å². The lowest BCUT2D eigenvalue weighted by atomic mass is 10.2. The predicted molar refractivity (Wildman–Crippen MR) is 72.4 cm³/mol. The highest BCUT2D eigenvalue weighted by Gasteiger charge is 2.06. The van der Waals surface area contributed by atoms with Crippen molar-refractivity contribution in [1.29, 1.82) is 0 Å². The van der Waals surface area contributed by atoms with Gasteiger partial charge in [-0.2, -0.15) is 5.10 Å². The fourth-order valence-electron chi connectivity index (χ4n) is 1.80. The van der Waals surface area contributed by atoms with Gasteiger partial charge in [0.25, 0.3) is 0 Å². The maximum absolute atomic E-state index is 4.36. The maximum Gasteiger partial charge on any atom is 0.0637 e. The average Bonchev–Trinajstić information content (AvgIpc) is 2.88. The number of hydrogen-bond donors (Lipinski definition) is 1. The topological polar surface area (TPSA) is 29.9 Å². The van der Waals surface area contributed by atoms with E-state index in [0.29, 0.717) is 6.04 Å². The van der Waals surface area contributed by atoms with Crippen LogP contribution in [0.3, 0.4) is 0 Å². The van der Waals surface area contributed by atoms with E-state index in [4.69, 9.17) is 0 Å². The lowest BCUT2D eigenvalue weighted by Crippen LogP contribution is -2.20.